The molecule has 1 unspecified atom stereocenters. The van der Waals surface area contributed by atoms with E-state index in [9.17, 15) is 14.9 Å². The van der Waals surface area contributed by atoms with Gasteiger partial charge in [0.05, 0.1) is 11.0 Å². The number of non-ortho nitro benzene ring substituents is 1. The topological polar surface area (TPSA) is 98.7 Å². The van der Waals surface area contributed by atoms with Crippen LogP contribution in [0.1, 0.15) is 18.4 Å². The van der Waals surface area contributed by atoms with E-state index in [0.717, 1.165) is 12.8 Å². The third-order valence-corrected chi connectivity index (χ3v) is 4.45. The Morgan fingerprint density at radius 1 is 1.52 bits per heavy atom. The van der Waals surface area contributed by atoms with Crippen molar-refractivity contribution in [2.75, 3.05) is 20.3 Å². The molecule has 1 fully saturated rings. The molecule has 1 aliphatic rings. The van der Waals surface area contributed by atoms with E-state index >= 15 is 0 Å². The fraction of sp³-hybridized carbons (Fsp3) is 0.533. The number of likely N-dealkylation sites (N-methyl/N-ethyl adjacent to an activating group) is 1. The van der Waals surface area contributed by atoms with Gasteiger partial charge < -0.3 is 15.4 Å². The molecular formula is C15H20ClN3O4. The minimum absolute atomic E-state index is 0.0565. The van der Waals surface area contributed by atoms with Crippen molar-refractivity contribution in [2.24, 2.45) is 11.7 Å². The first-order valence-corrected chi connectivity index (χ1v) is 7.79. The van der Waals surface area contributed by atoms with E-state index in [4.69, 9.17) is 22.1 Å². The van der Waals surface area contributed by atoms with E-state index in [1.807, 2.05) is 0 Å². The van der Waals surface area contributed by atoms with Crippen molar-refractivity contribution in [3.8, 4) is 0 Å². The van der Waals surface area contributed by atoms with Gasteiger partial charge in [0.25, 0.3) is 5.69 Å². The molecule has 1 aromatic rings. The van der Waals surface area contributed by atoms with E-state index in [2.05, 4.69) is 0 Å². The summed E-state index contributed by atoms with van der Waals surface area (Å²) < 4.78 is 5.28. The molecule has 0 aromatic heterocycles. The molecule has 0 saturated carbocycles. The van der Waals surface area contributed by atoms with Crippen LogP contribution in [0.2, 0.25) is 5.02 Å². The van der Waals surface area contributed by atoms with Crippen LogP contribution in [0, 0.1) is 16.0 Å². The van der Waals surface area contributed by atoms with Gasteiger partial charge in [-0.3, -0.25) is 14.9 Å². The van der Waals surface area contributed by atoms with Gasteiger partial charge in [0.15, 0.2) is 0 Å². The molecule has 8 heteroatoms. The molecule has 1 amide bonds. The second kappa shape index (κ2) is 7.72. The van der Waals surface area contributed by atoms with Gasteiger partial charge in [0, 0.05) is 44.0 Å². The van der Waals surface area contributed by atoms with Crippen LogP contribution in [0.3, 0.4) is 0 Å². The highest BCUT2D eigenvalue weighted by molar-refractivity contribution is 6.31. The summed E-state index contributed by atoms with van der Waals surface area (Å²) in [5, 5.41) is 11.2. The smallest absolute Gasteiger partial charge is 0.269 e. The Morgan fingerprint density at radius 3 is 2.78 bits per heavy atom. The summed E-state index contributed by atoms with van der Waals surface area (Å²) in [4.78, 5) is 24.3. The number of nitro benzene ring substituents is 1. The number of nitrogens with zero attached hydrogens (tertiary/aromatic N) is 2. The summed E-state index contributed by atoms with van der Waals surface area (Å²) in [7, 11) is 1.62. The second-order valence-electron chi connectivity index (χ2n) is 5.70. The van der Waals surface area contributed by atoms with Gasteiger partial charge >= 0.3 is 0 Å². The molecule has 2 N–H and O–H groups in total. The predicted octanol–water partition coefficient (Wildman–Crippen LogP) is 1.96. The van der Waals surface area contributed by atoms with Gasteiger partial charge in [-0.2, -0.15) is 0 Å². The van der Waals surface area contributed by atoms with Gasteiger partial charge in [-0.05, 0) is 30.4 Å². The quantitative estimate of drug-likeness (QED) is 0.652. The molecule has 1 saturated heterocycles. The first kappa shape index (κ1) is 17.7. The normalized spacial score (nSPS) is 16.8. The average Bonchev–Trinajstić information content (AvgIpc) is 2.56. The van der Waals surface area contributed by atoms with E-state index in [1.165, 1.54) is 23.1 Å². The SMILES string of the molecule is CN(Cc1cc([N+](=O)[O-])ccc1Cl)C(=O)C(N)C1CCOCC1. The molecule has 0 bridgehead atoms. The highest BCUT2D eigenvalue weighted by Crippen LogP contribution is 2.24. The Bertz CT molecular complexity index is 590. The van der Waals surface area contributed by atoms with Crippen molar-refractivity contribution in [1.29, 1.82) is 0 Å². The Balaban J connectivity index is 2.05. The number of halogens is 1. The summed E-state index contributed by atoms with van der Waals surface area (Å²) in [5.74, 6) is -0.0984. The molecule has 0 radical (unpaired) electrons. The maximum Gasteiger partial charge on any atom is 0.269 e. The van der Waals surface area contributed by atoms with Crippen LogP contribution >= 0.6 is 11.6 Å². The highest BCUT2D eigenvalue weighted by Gasteiger charge is 2.29. The molecule has 7 nitrogen and oxygen atoms in total. The van der Waals surface area contributed by atoms with Crippen LogP contribution in [-0.4, -0.2) is 42.0 Å². The molecule has 126 valence electrons. The monoisotopic (exact) mass is 341 g/mol. The van der Waals surface area contributed by atoms with Gasteiger partial charge in [0.2, 0.25) is 5.91 Å². The number of ether oxygens (including phenoxy) is 1. The van der Waals surface area contributed by atoms with Crippen molar-refractivity contribution in [3.05, 3.63) is 38.9 Å². The number of hydrogen-bond acceptors (Lipinski definition) is 5. The number of carbonyl (C=O) groups is 1. The third-order valence-electron chi connectivity index (χ3n) is 4.08. The first-order chi connectivity index (χ1) is 10.9. The van der Waals surface area contributed by atoms with Crippen LogP contribution in [0.15, 0.2) is 18.2 Å². The number of carbonyl (C=O) groups excluding carboxylic acids is 1. The summed E-state index contributed by atoms with van der Waals surface area (Å²) >= 11 is 6.07. The fourth-order valence-corrected chi connectivity index (χ4v) is 2.84. The van der Waals surface area contributed by atoms with Gasteiger partial charge in [-0.1, -0.05) is 11.6 Å². The lowest BCUT2D eigenvalue weighted by molar-refractivity contribution is -0.384. The lowest BCUT2D eigenvalue weighted by atomic mass is 9.91. The average molecular weight is 342 g/mol. The Morgan fingerprint density at radius 2 is 2.17 bits per heavy atom. The molecule has 0 aliphatic carbocycles. The highest BCUT2D eigenvalue weighted by atomic mass is 35.5. The minimum Gasteiger partial charge on any atom is -0.381 e. The fourth-order valence-electron chi connectivity index (χ4n) is 2.66. The van der Waals surface area contributed by atoms with Crippen LogP contribution in [0.5, 0.6) is 0 Å². The first-order valence-electron chi connectivity index (χ1n) is 7.41. The van der Waals surface area contributed by atoms with Gasteiger partial charge in [-0.15, -0.1) is 0 Å². The van der Waals surface area contributed by atoms with Crippen molar-refractivity contribution in [1.82, 2.24) is 4.90 Å². The van der Waals surface area contributed by atoms with Crippen LogP contribution in [0.4, 0.5) is 5.69 Å². The largest absolute Gasteiger partial charge is 0.381 e. The summed E-state index contributed by atoms with van der Waals surface area (Å²) in [6, 6.07) is 3.58. The molecule has 1 atom stereocenters. The zero-order valence-corrected chi connectivity index (χ0v) is 13.7. The van der Waals surface area contributed by atoms with Crippen molar-refractivity contribution < 1.29 is 14.5 Å². The van der Waals surface area contributed by atoms with E-state index in [1.54, 1.807) is 7.05 Å². The third kappa shape index (κ3) is 4.40. The van der Waals surface area contributed by atoms with Crippen molar-refractivity contribution >= 4 is 23.2 Å². The number of benzene rings is 1. The molecule has 23 heavy (non-hydrogen) atoms. The zero-order chi connectivity index (χ0) is 17.0. The molecule has 1 aromatic carbocycles. The van der Waals surface area contributed by atoms with Crippen LogP contribution in [0.25, 0.3) is 0 Å². The van der Waals surface area contributed by atoms with E-state index in [-0.39, 0.29) is 24.1 Å². The maximum absolute atomic E-state index is 12.5. The maximum atomic E-state index is 12.5. The van der Waals surface area contributed by atoms with E-state index in [0.29, 0.717) is 23.8 Å². The number of rotatable bonds is 5. The summed E-state index contributed by atoms with van der Waals surface area (Å²) in [6.07, 6.45) is 1.52. The van der Waals surface area contributed by atoms with Gasteiger partial charge in [-0.25, -0.2) is 0 Å². The predicted molar refractivity (Wildman–Crippen MR) is 86.1 cm³/mol. The number of hydrogen-bond donors (Lipinski definition) is 1. The summed E-state index contributed by atoms with van der Waals surface area (Å²) in [6.45, 7) is 1.41. The van der Waals surface area contributed by atoms with Crippen molar-refractivity contribution in [3.63, 3.8) is 0 Å². The number of nitrogens with two attached hydrogens (primary N) is 1. The molecule has 0 spiro atoms. The van der Waals surface area contributed by atoms with Crippen LogP contribution in [-0.2, 0) is 16.1 Å². The Labute approximate surface area is 139 Å². The zero-order valence-electron chi connectivity index (χ0n) is 12.9. The summed E-state index contributed by atoms with van der Waals surface area (Å²) in [5.41, 5.74) is 6.54. The second-order valence-corrected chi connectivity index (χ2v) is 6.11. The standard InChI is InChI=1S/C15H20ClN3O4/c1-18(15(20)14(17)10-4-6-23-7-5-10)9-11-8-12(19(21)22)2-3-13(11)16/h2-3,8,10,14H,4-7,9,17H2,1H3. The van der Waals surface area contributed by atoms with E-state index < -0.39 is 11.0 Å². The van der Waals surface area contributed by atoms with Crippen LogP contribution < -0.4 is 5.73 Å². The Kier molecular flexibility index (Phi) is 5.92. The minimum atomic E-state index is -0.596. The van der Waals surface area contributed by atoms with Crippen molar-refractivity contribution in [2.45, 2.75) is 25.4 Å². The molecule has 1 aliphatic heterocycles. The molecular weight excluding hydrogens is 322 g/mol. The lowest BCUT2D eigenvalue weighted by Gasteiger charge is -2.30. The number of amides is 1. The Hall–Kier alpha value is -1.70. The lowest BCUT2D eigenvalue weighted by Crippen LogP contribution is -2.47. The van der Waals surface area contributed by atoms with Gasteiger partial charge in [0.1, 0.15) is 0 Å². The molecule has 2 rings (SSSR count). The number of nitro groups is 1. The molecule has 1 heterocycles.